The Morgan fingerprint density at radius 2 is 2.06 bits per heavy atom. The lowest BCUT2D eigenvalue weighted by atomic mass is 10.1. The van der Waals surface area contributed by atoms with E-state index < -0.39 is 11.5 Å². The quantitative estimate of drug-likeness (QED) is 0.830. The van der Waals surface area contributed by atoms with Crippen molar-refractivity contribution in [3.63, 3.8) is 0 Å². The zero-order valence-corrected chi connectivity index (χ0v) is 10.2. The summed E-state index contributed by atoms with van der Waals surface area (Å²) in [7, 11) is 1.58. The van der Waals surface area contributed by atoms with Gasteiger partial charge in [0.1, 0.15) is 11.3 Å². The number of fused-ring (bicyclic) bond motifs is 1. The van der Waals surface area contributed by atoms with Crippen LogP contribution in [-0.2, 0) is 7.05 Å². The first-order valence-electron chi connectivity index (χ1n) is 5.66. The molecule has 5 nitrogen and oxygen atoms in total. The minimum Gasteiger partial charge on any atom is -0.506 e. The van der Waals surface area contributed by atoms with Crippen LogP contribution in [-0.4, -0.2) is 22.1 Å². The molecule has 0 aliphatic carbocycles. The van der Waals surface area contributed by atoms with Gasteiger partial charge in [-0.05, 0) is 19.1 Å². The Balaban J connectivity index is 2.83. The van der Waals surface area contributed by atoms with Gasteiger partial charge in [0.05, 0.1) is 5.52 Å². The third-order valence-electron chi connectivity index (χ3n) is 2.84. The Morgan fingerprint density at radius 3 is 2.72 bits per heavy atom. The smallest absolute Gasteiger partial charge is 0.267 e. The summed E-state index contributed by atoms with van der Waals surface area (Å²) in [6.07, 6.45) is 0. The molecule has 0 saturated heterocycles. The van der Waals surface area contributed by atoms with E-state index in [1.807, 2.05) is 0 Å². The molecule has 2 aromatic rings. The molecule has 18 heavy (non-hydrogen) atoms. The molecule has 2 rings (SSSR count). The summed E-state index contributed by atoms with van der Waals surface area (Å²) in [5, 5.41) is 13.1. The molecule has 1 amide bonds. The van der Waals surface area contributed by atoms with Crippen LogP contribution in [0.3, 0.4) is 0 Å². The number of benzene rings is 1. The molecule has 1 aromatic heterocycles. The van der Waals surface area contributed by atoms with Crippen molar-refractivity contribution in [2.24, 2.45) is 7.05 Å². The van der Waals surface area contributed by atoms with Crippen molar-refractivity contribution in [3.8, 4) is 5.75 Å². The van der Waals surface area contributed by atoms with E-state index in [2.05, 4.69) is 5.32 Å². The van der Waals surface area contributed by atoms with Crippen molar-refractivity contribution in [3.05, 3.63) is 40.2 Å². The number of amides is 1. The number of hydrogen-bond acceptors (Lipinski definition) is 3. The Hall–Kier alpha value is -2.30. The Bertz CT molecular complexity index is 674. The lowest BCUT2D eigenvalue weighted by Crippen LogP contribution is -2.32. The first-order chi connectivity index (χ1) is 8.57. The first-order valence-corrected chi connectivity index (χ1v) is 5.66. The molecule has 0 saturated carbocycles. The third kappa shape index (κ3) is 1.73. The van der Waals surface area contributed by atoms with Crippen molar-refractivity contribution in [1.82, 2.24) is 9.88 Å². The van der Waals surface area contributed by atoms with Crippen molar-refractivity contribution in [2.45, 2.75) is 6.92 Å². The highest BCUT2D eigenvalue weighted by Gasteiger charge is 2.19. The minimum absolute atomic E-state index is 0.210. The molecule has 0 bridgehead atoms. The van der Waals surface area contributed by atoms with E-state index in [-0.39, 0.29) is 11.3 Å². The van der Waals surface area contributed by atoms with E-state index in [1.165, 1.54) is 4.57 Å². The largest absolute Gasteiger partial charge is 0.506 e. The van der Waals surface area contributed by atoms with Crippen molar-refractivity contribution >= 4 is 16.8 Å². The molecule has 94 valence electrons. The van der Waals surface area contributed by atoms with Crippen molar-refractivity contribution in [2.75, 3.05) is 6.54 Å². The summed E-state index contributed by atoms with van der Waals surface area (Å²) in [6.45, 7) is 2.15. The van der Waals surface area contributed by atoms with E-state index in [1.54, 1.807) is 38.2 Å². The number of nitrogens with one attached hydrogen (secondary N) is 1. The third-order valence-corrected chi connectivity index (χ3v) is 2.84. The summed E-state index contributed by atoms with van der Waals surface area (Å²) >= 11 is 0. The number of aryl methyl sites for hydroxylation is 1. The monoisotopic (exact) mass is 246 g/mol. The van der Waals surface area contributed by atoms with Gasteiger partial charge in [-0.1, -0.05) is 12.1 Å². The maximum Gasteiger partial charge on any atom is 0.267 e. The highest BCUT2D eigenvalue weighted by molar-refractivity contribution is 6.02. The summed E-state index contributed by atoms with van der Waals surface area (Å²) in [5.41, 5.74) is -0.122. The molecule has 1 aromatic carbocycles. The number of nitrogens with zero attached hydrogens (tertiary/aromatic N) is 1. The Labute approximate surface area is 104 Å². The van der Waals surface area contributed by atoms with Gasteiger partial charge in [-0.2, -0.15) is 0 Å². The van der Waals surface area contributed by atoms with Crippen LogP contribution in [0.2, 0.25) is 0 Å². The van der Waals surface area contributed by atoms with Crippen LogP contribution in [0.15, 0.2) is 29.1 Å². The number of rotatable bonds is 2. The second-order valence-electron chi connectivity index (χ2n) is 3.96. The average molecular weight is 246 g/mol. The predicted molar refractivity (Wildman–Crippen MR) is 68.9 cm³/mol. The molecule has 0 fully saturated rings. The van der Waals surface area contributed by atoms with Gasteiger partial charge in [-0.15, -0.1) is 0 Å². The molecule has 0 spiro atoms. The predicted octanol–water partition coefficient (Wildman–Crippen LogP) is 0.994. The zero-order chi connectivity index (χ0) is 13.3. The topological polar surface area (TPSA) is 71.3 Å². The number of aromatic hydroxyl groups is 1. The number of para-hydroxylation sites is 1. The molecule has 0 radical (unpaired) electrons. The van der Waals surface area contributed by atoms with Crippen LogP contribution >= 0.6 is 0 Å². The molecule has 0 unspecified atom stereocenters. The van der Waals surface area contributed by atoms with Gasteiger partial charge in [0.2, 0.25) is 0 Å². The number of aromatic nitrogens is 1. The molecule has 1 heterocycles. The van der Waals surface area contributed by atoms with Crippen LogP contribution in [0.5, 0.6) is 5.75 Å². The maximum absolute atomic E-state index is 12.1. The van der Waals surface area contributed by atoms with E-state index in [4.69, 9.17) is 0 Å². The molecule has 5 heteroatoms. The van der Waals surface area contributed by atoms with Crippen molar-refractivity contribution < 1.29 is 9.90 Å². The molecule has 0 atom stereocenters. The van der Waals surface area contributed by atoms with Gasteiger partial charge < -0.3 is 15.0 Å². The van der Waals surface area contributed by atoms with Gasteiger partial charge in [0.15, 0.2) is 0 Å². The molecule has 0 aliphatic heterocycles. The number of pyridine rings is 1. The van der Waals surface area contributed by atoms with E-state index in [0.29, 0.717) is 17.4 Å². The molecule has 2 N–H and O–H groups in total. The fraction of sp³-hybridized carbons (Fsp3) is 0.231. The van der Waals surface area contributed by atoms with Crippen LogP contribution in [0.1, 0.15) is 17.3 Å². The van der Waals surface area contributed by atoms with Crippen LogP contribution in [0.25, 0.3) is 10.9 Å². The number of carbonyl (C=O) groups is 1. The highest BCUT2D eigenvalue weighted by atomic mass is 16.3. The van der Waals surface area contributed by atoms with Gasteiger partial charge in [0, 0.05) is 19.0 Å². The standard InChI is InChI=1S/C13H14N2O3/c1-3-14-12(17)10-11(16)8-6-4-5-7-9(8)15(2)13(10)18/h4-7,16H,3H2,1-2H3,(H,14,17). The summed E-state index contributed by atoms with van der Waals surface area (Å²) in [5.74, 6) is -0.819. The average Bonchev–Trinajstić information content (AvgIpc) is 2.37. The van der Waals surface area contributed by atoms with Crippen LogP contribution < -0.4 is 10.9 Å². The minimum atomic E-state index is -0.554. The number of hydrogen-bond donors (Lipinski definition) is 2. The lowest BCUT2D eigenvalue weighted by Gasteiger charge is -2.11. The Kier molecular flexibility index (Phi) is 3.06. The van der Waals surface area contributed by atoms with Gasteiger partial charge in [-0.3, -0.25) is 9.59 Å². The lowest BCUT2D eigenvalue weighted by molar-refractivity contribution is 0.0951. The summed E-state index contributed by atoms with van der Waals surface area (Å²) < 4.78 is 1.36. The van der Waals surface area contributed by atoms with Gasteiger partial charge >= 0.3 is 0 Å². The second-order valence-corrected chi connectivity index (χ2v) is 3.96. The maximum atomic E-state index is 12.1. The molecule has 0 aliphatic rings. The van der Waals surface area contributed by atoms with E-state index in [0.717, 1.165) is 0 Å². The Morgan fingerprint density at radius 1 is 1.39 bits per heavy atom. The fourth-order valence-electron chi connectivity index (χ4n) is 1.93. The zero-order valence-electron chi connectivity index (χ0n) is 10.2. The first kappa shape index (κ1) is 12.2. The fourth-order valence-corrected chi connectivity index (χ4v) is 1.93. The van der Waals surface area contributed by atoms with Crippen molar-refractivity contribution in [1.29, 1.82) is 0 Å². The number of carbonyl (C=O) groups excluding carboxylic acids is 1. The van der Waals surface area contributed by atoms with Crippen LogP contribution in [0, 0.1) is 0 Å². The SMILES string of the molecule is CCNC(=O)c1c(O)c2ccccc2n(C)c1=O. The second kappa shape index (κ2) is 4.52. The normalized spacial score (nSPS) is 10.6. The summed E-state index contributed by atoms with van der Waals surface area (Å²) in [6, 6.07) is 6.91. The highest BCUT2D eigenvalue weighted by Crippen LogP contribution is 2.25. The van der Waals surface area contributed by atoms with Gasteiger partial charge in [-0.25, -0.2) is 0 Å². The van der Waals surface area contributed by atoms with E-state index in [9.17, 15) is 14.7 Å². The van der Waals surface area contributed by atoms with Crippen LogP contribution in [0.4, 0.5) is 0 Å². The molecular formula is C13H14N2O3. The van der Waals surface area contributed by atoms with E-state index >= 15 is 0 Å². The molecular weight excluding hydrogens is 232 g/mol. The summed E-state index contributed by atoms with van der Waals surface area (Å²) in [4.78, 5) is 23.9. The van der Waals surface area contributed by atoms with Gasteiger partial charge in [0.25, 0.3) is 11.5 Å².